The van der Waals surface area contributed by atoms with Gasteiger partial charge in [0, 0.05) is 31.4 Å². The van der Waals surface area contributed by atoms with Crippen molar-refractivity contribution < 1.29 is 19.1 Å². The Kier molecular flexibility index (Phi) is 5.91. The molecule has 0 spiro atoms. The van der Waals surface area contributed by atoms with Gasteiger partial charge >= 0.3 is 5.97 Å². The molecule has 1 fully saturated rings. The van der Waals surface area contributed by atoms with Crippen LogP contribution in [0, 0.1) is 6.92 Å². The standard InChI is InChI=1S/C19H20ClN3O4/c1-13-15(19(20)23(21-13)14-6-3-2-4-7-14)12-27-18(26)8-5-11-22-16(24)9-10-17(22)25/h2-4,6-7H,5,8-12H2,1H3. The highest BCUT2D eigenvalue weighted by molar-refractivity contribution is 6.30. The van der Waals surface area contributed by atoms with E-state index >= 15 is 0 Å². The van der Waals surface area contributed by atoms with E-state index in [9.17, 15) is 14.4 Å². The van der Waals surface area contributed by atoms with Crippen LogP contribution in [0.15, 0.2) is 30.3 Å². The number of amides is 2. The number of carbonyl (C=O) groups excluding carboxylic acids is 3. The van der Waals surface area contributed by atoms with Crippen LogP contribution in [0.3, 0.4) is 0 Å². The van der Waals surface area contributed by atoms with Crippen molar-refractivity contribution in [3.05, 3.63) is 46.7 Å². The van der Waals surface area contributed by atoms with E-state index in [0.29, 0.717) is 22.8 Å². The third-order valence-corrected chi connectivity index (χ3v) is 4.81. The number of ether oxygens (including phenoxy) is 1. The van der Waals surface area contributed by atoms with Crippen molar-refractivity contribution in [1.29, 1.82) is 0 Å². The summed E-state index contributed by atoms with van der Waals surface area (Å²) in [5, 5.41) is 4.80. The van der Waals surface area contributed by atoms with Crippen molar-refractivity contribution in [1.82, 2.24) is 14.7 Å². The van der Waals surface area contributed by atoms with E-state index in [1.807, 2.05) is 30.3 Å². The lowest BCUT2D eigenvalue weighted by Gasteiger charge is -2.13. The Morgan fingerprint density at radius 1 is 1.19 bits per heavy atom. The van der Waals surface area contributed by atoms with Gasteiger partial charge in [-0.1, -0.05) is 29.8 Å². The third kappa shape index (κ3) is 4.36. The maximum absolute atomic E-state index is 12.0. The summed E-state index contributed by atoms with van der Waals surface area (Å²) in [5.41, 5.74) is 2.16. The van der Waals surface area contributed by atoms with E-state index < -0.39 is 5.97 Å². The maximum Gasteiger partial charge on any atom is 0.306 e. The van der Waals surface area contributed by atoms with Gasteiger partial charge in [0.15, 0.2) is 0 Å². The first-order chi connectivity index (χ1) is 13.0. The highest BCUT2D eigenvalue weighted by Crippen LogP contribution is 2.24. The highest BCUT2D eigenvalue weighted by atomic mass is 35.5. The molecule has 1 aromatic heterocycles. The molecule has 0 aliphatic carbocycles. The van der Waals surface area contributed by atoms with E-state index in [-0.39, 0.29) is 44.2 Å². The second-order valence-electron chi connectivity index (χ2n) is 6.31. The Morgan fingerprint density at radius 2 is 1.85 bits per heavy atom. The molecule has 0 bridgehead atoms. The minimum Gasteiger partial charge on any atom is -0.461 e. The van der Waals surface area contributed by atoms with Crippen molar-refractivity contribution in [2.75, 3.05) is 6.54 Å². The summed E-state index contributed by atoms with van der Waals surface area (Å²) in [4.78, 5) is 36.2. The molecule has 1 aliphatic rings. The maximum atomic E-state index is 12.0. The second kappa shape index (κ2) is 8.35. The number of carbonyl (C=O) groups is 3. The van der Waals surface area contributed by atoms with Crippen LogP contribution in [-0.4, -0.2) is 39.0 Å². The molecule has 0 unspecified atom stereocenters. The number of hydrogen-bond acceptors (Lipinski definition) is 5. The van der Waals surface area contributed by atoms with Crippen LogP contribution < -0.4 is 0 Å². The van der Waals surface area contributed by atoms with E-state index in [1.54, 1.807) is 11.6 Å². The first-order valence-electron chi connectivity index (χ1n) is 8.75. The fraction of sp³-hybridized carbons (Fsp3) is 0.368. The van der Waals surface area contributed by atoms with Crippen molar-refractivity contribution in [3.63, 3.8) is 0 Å². The van der Waals surface area contributed by atoms with E-state index in [1.165, 1.54) is 4.90 Å². The Balaban J connectivity index is 1.52. The van der Waals surface area contributed by atoms with Gasteiger partial charge in [0.2, 0.25) is 11.8 Å². The lowest BCUT2D eigenvalue weighted by molar-refractivity contribution is -0.146. The fourth-order valence-electron chi connectivity index (χ4n) is 2.91. The Morgan fingerprint density at radius 3 is 2.52 bits per heavy atom. The molecule has 0 atom stereocenters. The number of aromatic nitrogens is 2. The van der Waals surface area contributed by atoms with Crippen LogP contribution in [0.1, 0.15) is 36.9 Å². The van der Waals surface area contributed by atoms with Crippen molar-refractivity contribution in [2.45, 2.75) is 39.2 Å². The average Bonchev–Trinajstić information content (AvgIpc) is 3.13. The molecule has 7 nitrogen and oxygen atoms in total. The van der Waals surface area contributed by atoms with E-state index in [0.717, 1.165) is 5.69 Å². The van der Waals surface area contributed by atoms with E-state index in [2.05, 4.69) is 5.10 Å². The molecule has 2 aromatic rings. The van der Waals surface area contributed by atoms with Crippen LogP contribution >= 0.6 is 11.6 Å². The Hall–Kier alpha value is -2.67. The molecular formula is C19H20ClN3O4. The van der Waals surface area contributed by atoms with Gasteiger partial charge in [0.25, 0.3) is 0 Å². The zero-order valence-corrected chi connectivity index (χ0v) is 15.7. The van der Waals surface area contributed by atoms with Gasteiger partial charge in [-0.2, -0.15) is 5.10 Å². The molecule has 142 valence electrons. The van der Waals surface area contributed by atoms with Gasteiger partial charge < -0.3 is 4.74 Å². The zero-order valence-electron chi connectivity index (χ0n) is 15.0. The molecule has 1 aliphatic heterocycles. The van der Waals surface area contributed by atoms with Gasteiger partial charge in [-0.15, -0.1) is 0 Å². The largest absolute Gasteiger partial charge is 0.461 e. The van der Waals surface area contributed by atoms with Crippen molar-refractivity contribution in [2.24, 2.45) is 0 Å². The highest BCUT2D eigenvalue weighted by Gasteiger charge is 2.28. The summed E-state index contributed by atoms with van der Waals surface area (Å²) in [7, 11) is 0. The van der Waals surface area contributed by atoms with Gasteiger partial charge in [-0.25, -0.2) is 4.68 Å². The smallest absolute Gasteiger partial charge is 0.306 e. The summed E-state index contributed by atoms with van der Waals surface area (Å²) in [5.74, 6) is -0.759. The summed E-state index contributed by atoms with van der Waals surface area (Å²) in [6.07, 6.45) is 1.02. The molecule has 0 saturated carbocycles. The number of rotatable bonds is 7. The predicted octanol–water partition coefficient (Wildman–Crippen LogP) is 2.81. The number of esters is 1. The van der Waals surface area contributed by atoms with Crippen molar-refractivity contribution in [3.8, 4) is 5.69 Å². The monoisotopic (exact) mass is 389 g/mol. The Bertz CT molecular complexity index is 847. The average molecular weight is 390 g/mol. The number of nitrogens with zero attached hydrogens (tertiary/aromatic N) is 3. The molecule has 1 saturated heterocycles. The lowest BCUT2D eigenvalue weighted by atomic mass is 10.2. The number of aryl methyl sites for hydroxylation is 1. The van der Waals surface area contributed by atoms with Crippen LogP contribution in [0.4, 0.5) is 0 Å². The SMILES string of the molecule is Cc1nn(-c2ccccc2)c(Cl)c1COC(=O)CCCN1C(=O)CCC1=O. The number of imide groups is 1. The Labute approximate surface area is 161 Å². The first kappa shape index (κ1) is 19.1. The zero-order chi connectivity index (χ0) is 19.4. The fourth-order valence-corrected chi connectivity index (χ4v) is 3.24. The van der Waals surface area contributed by atoms with Crippen molar-refractivity contribution >= 4 is 29.4 Å². The molecule has 0 N–H and O–H groups in total. The second-order valence-corrected chi connectivity index (χ2v) is 6.66. The molecule has 3 rings (SSSR count). The third-order valence-electron chi connectivity index (χ3n) is 4.42. The summed E-state index contributed by atoms with van der Waals surface area (Å²) in [6, 6.07) is 9.44. The summed E-state index contributed by atoms with van der Waals surface area (Å²) in [6.45, 7) is 2.08. The molecule has 1 aromatic carbocycles. The summed E-state index contributed by atoms with van der Waals surface area (Å²) >= 11 is 6.40. The van der Waals surface area contributed by atoms with E-state index in [4.69, 9.17) is 16.3 Å². The molecule has 2 amide bonds. The van der Waals surface area contributed by atoms with Gasteiger partial charge in [0.05, 0.1) is 11.4 Å². The molecule has 2 heterocycles. The van der Waals surface area contributed by atoms with Gasteiger partial charge in [-0.3, -0.25) is 19.3 Å². The summed E-state index contributed by atoms with van der Waals surface area (Å²) < 4.78 is 6.89. The van der Waals surface area contributed by atoms with Crippen LogP contribution in [0.2, 0.25) is 5.15 Å². The van der Waals surface area contributed by atoms with Crippen LogP contribution in [0.25, 0.3) is 5.69 Å². The quantitative estimate of drug-likeness (QED) is 0.537. The minimum atomic E-state index is -0.406. The molecule has 27 heavy (non-hydrogen) atoms. The van der Waals surface area contributed by atoms with Crippen LogP contribution in [-0.2, 0) is 25.7 Å². The number of hydrogen-bond donors (Lipinski definition) is 0. The molecule has 0 radical (unpaired) electrons. The first-order valence-corrected chi connectivity index (χ1v) is 9.13. The molecule has 8 heteroatoms. The molecular weight excluding hydrogens is 370 g/mol. The van der Waals surface area contributed by atoms with Gasteiger partial charge in [-0.05, 0) is 25.5 Å². The number of likely N-dealkylation sites (tertiary alicyclic amines) is 1. The number of benzene rings is 1. The predicted molar refractivity (Wildman–Crippen MR) is 98.3 cm³/mol. The minimum absolute atomic E-state index is 0.0257. The topological polar surface area (TPSA) is 81.5 Å². The number of para-hydroxylation sites is 1. The normalized spacial score (nSPS) is 14.1. The van der Waals surface area contributed by atoms with Gasteiger partial charge in [0.1, 0.15) is 11.8 Å². The lowest BCUT2D eigenvalue weighted by Crippen LogP contribution is -2.30. The number of halogens is 1. The van der Waals surface area contributed by atoms with Crippen LogP contribution in [0.5, 0.6) is 0 Å².